The van der Waals surface area contributed by atoms with Crippen LogP contribution in [0.4, 0.5) is 10.7 Å². The zero-order valence-corrected chi connectivity index (χ0v) is 16.7. The third kappa shape index (κ3) is 5.13. The van der Waals surface area contributed by atoms with Crippen molar-refractivity contribution in [3.63, 3.8) is 0 Å². The second-order valence-electron chi connectivity index (χ2n) is 5.64. The molecule has 1 aromatic carbocycles. The number of thiophene rings is 1. The highest BCUT2D eigenvalue weighted by atomic mass is 79.9. The Bertz CT molecular complexity index is 824. The molecule has 1 unspecified atom stereocenters. The average Bonchev–Trinajstić information content (AvgIpc) is 3.04. The predicted molar refractivity (Wildman–Crippen MR) is 106 cm³/mol. The number of hydrogen-bond donors (Lipinski definition) is 3. The van der Waals surface area contributed by atoms with Crippen LogP contribution in [0, 0.1) is 0 Å². The maximum atomic E-state index is 12.4. The molecule has 138 valence electrons. The van der Waals surface area contributed by atoms with Gasteiger partial charge >= 0.3 is 0 Å². The molecule has 0 saturated heterocycles. The Morgan fingerprint density at radius 3 is 2.58 bits per heavy atom. The summed E-state index contributed by atoms with van der Waals surface area (Å²) >= 11 is 4.58. The van der Waals surface area contributed by atoms with E-state index in [9.17, 15) is 14.4 Å². The van der Waals surface area contributed by atoms with Crippen molar-refractivity contribution in [1.82, 2.24) is 4.90 Å². The molecule has 0 aliphatic carbocycles. The number of amides is 3. The van der Waals surface area contributed by atoms with Gasteiger partial charge in [0, 0.05) is 4.47 Å². The van der Waals surface area contributed by atoms with Crippen molar-refractivity contribution in [3.8, 4) is 0 Å². The molecule has 26 heavy (non-hydrogen) atoms. The molecule has 1 atom stereocenters. The lowest BCUT2D eigenvalue weighted by Gasteiger charge is -2.23. The quantitative estimate of drug-likeness (QED) is 0.617. The fourth-order valence-electron chi connectivity index (χ4n) is 2.13. The van der Waals surface area contributed by atoms with Crippen LogP contribution >= 0.6 is 27.3 Å². The van der Waals surface area contributed by atoms with Gasteiger partial charge in [-0.05, 0) is 53.5 Å². The van der Waals surface area contributed by atoms with Crippen molar-refractivity contribution in [2.75, 3.05) is 24.2 Å². The molecule has 0 radical (unpaired) electrons. The third-order valence-corrected chi connectivity index (χ3v) is 5.27. The smallest absolute Gasteiger partial charge is 0.251 e. The van der Waals surface area contributed by atoms with Crippen LogP contribution in [-0.4, -0.2) is 42.3 Å². The molecule has 0 bridgehead atoms. The largest absolute Gasteiger partial charge is 0.366 e. The van der Waals surface area contributed by atoms with E-state index in [1.165, 1.54) is 11.3 Å². The van der Waals surface area contributed by atoms with E-state index < -0.39 is 11.9 Å². The first-order chi connectivity index (χ1) is 12.3. The van der Waals surface area contributed by atoms with Crippen molar-refractivity contribution in [3.05, 3.63) is 45.7 Å². The Kier molecular flexibility index (Phi) is 6.90. The van der Waals surface area contributed by atoms with Crippen LogP contribution in [0.15, 0.2) is 40.2 Å². The monoisotopic (exact) mass is 438 g/mol. The number of benzene rings is 1. The van der Waals surface area contributed by atoms with Gasteiger partial charge in [0.1, 0.15) is 5.00 Å². The van der Waals surface area contributed by atoms with E-state index >= 15 is 0 Å². The van der Waals surface area contributed by atoms with Crippen molar-refractivity contribution in [2.45, 2.75) is 13.0 Å². The number of nitrogens with two attached hydrogens (primary N) is 1. The molecule has 0 spiro atoms. The Morgan fingerprint density at radius 1 is 1.23 bits per heavy atom. The van der Waals surface area contributed by atoms with Crippen LogP contribution in [0.2, 0.25) is 0 Å². The first-order valence-electron chi connectivity index (χ1n) is 7.72. The number of nitrogens with zero attached hydrogens (tertiary/aromatic N) is 1. The highest BCUT2D eigenvalue weighted by molar-refractivity contribution is 9.10. The van der Waals surface area contributed by atoms with Crippen LogP contribution in [0.1, 0.15) is 17.3 Å². The standard InChI is InChI=1S/C17H19BrN4O3S/c1-10(16(25)21-17-11(15(19)24)7-8-26-17)22(2)9-14(23)20-13-6-4-3-5-12(13)18/h3-8,10H,9H2,1-2H3,(H2,19,24)(H,20,23)(H,21,25). The molecule has 3 amide bonds. The van der Waals surface area contributed by atoms with Crippen molar-refractivity contribution >= 4 is 55.7 Å². The SMILES string of the molecule is CC(C(=O)Nc1sccc1C(N)=O)N(C)CC(=O)Nc1ccccc1Br. The summed E-state index contributed by atoms with van der Waals surface area (Å²) in [5.41, 5.74) is 6.20. The highest BCUT2D eigenvalue weighted by Crippen LogP contribution is 2.23. The average molecular weight is 439 g/mol. The highest BCUT2D eigenvalue weighted by Gasteiger charge is 2.22. The van der Waals surface area contributed by atoms with E-state index in [-0.39, 0.29) is 23.9 Å². The Morgan fingerprint density at radius 2 is 1.92 bits per heavy atom. The molecule has 4 N–H and O–H groups in total. The minimum absolute atomic E-state index is 0.0308. The van der Waals surface area contributed by atoms with E-state index in [1.807, 2.05) is 18.2 Å². The van der Waals surface area contributed by atoms with Crippen molar-refractivity contribution < 1.29 is 14.4 Å². The van der Waals surface area contributed by atoms with Crippen LogP contribution in [0.3, 0.4) is 0 Å². The molecule has 0 aliphatic heterocycles. The molecule has 2 aromatic rings. The number of likely N-dealkylation sites (N-methyl/N-ethyl adjacent to an activating group) is 1. The summed E-state index contributed by atoms with van der Waals surface area (Å²) in [6.45, 7) is 1.71. The van der Waals surface area contributed by atoms with Gasteiger partial charge in [0.25, 0.3) is 5.91 Å². The van der Waals surface area contributed by atoms with Gasteiger partial charge in [-0.1, -0.05) is 12.1 Å². The molecule has 2 rings (SSSR count). The van der Waals surface area contributed by atoms with Crippen molar-refractivity contribution in [2.24, 2.45) is 5.73 Å². The fraction of sp³-hybridized carbons (Fsp3) is 0.235. The number of carbonyl (C=O) groups is 3. The lowest BCUT2D eigenvalue weighted by atomic mass is 10.2. The van der Waals surface area contributed by atoms with Gasteiger partial charge in [0.2, 0.25) is 11.8 Å². The maximum Gasteiger partial charge on any atom is 0.251 e. The number of hydrogen-bond acceptors (Lipinski definition) is 5. The number of anilines is 2. The third-order valence-electron chi connectivity index (χ3n) is 3.75. The molecular formula is C17H19BrN4O3S. The molecule has 7 nitrogen and oxygen atoms in total. The number of halogens is 1. The van der Waals surface area contributed by atoms with Crippen molar-refractivity contribution in [1.29, 1.82) is 0 Å². The van der Waals surface area contributed by atoms with Gasteiger partial charge in [-0.3, -0.25) is 19.3 Å². The molecular weight excluding hydrogens is 420 g/mol. The van der Waals surface area contributed by atoms with Gasteiger partial charge in [-0.25, -0.2) is 0 Å². The Balaban J connectivity index is 1.93. The second-order valence-corrected chi connectivity index (χ2v) is 7.41. The van der Waals surface area contributed by atoms with E-state index in [2.05, 4.69) is 26.6 Å². The summed E-state index contributed by atoms with van der Waals surface area (Å²) in [4.78, 5) is 37.5. The normalized spacial score (nSPS) is 11.8. The van der Waals surface area contributed by atoms with E-state index in [0.717, 1.165) is 4.47 Å². The minimum atomic E-state index is -0.602. The number of rotatable bonds is 7. The number of carbonyl (C=O) groups excluding carboxylic acids is 3. The van der Waals surface area contributed by atoms with Gasteiger partial charge in [-0.2, -0.15) is 0 Å². The molecule has 1 heterocycles. The van der Waals surface area contributed by atoms with Crippen LogP contribution < -0.4 is 16.4 Å². The second kappa shape index (κ2) is 8.93. The van der Waals surface area contributed by atoms with Crippen LogP contribution in [0.5, 0.6) is 0 Å². The van der Waals surface area contributed by atoms with E-state index in [1.54, 1.807) is 36.4 Å². The zero-order valence-electron chi connectivity index (χ0n) is 14.3. The first-order valence-corrected chi connectivity index (χ1v) is 9.39. The molecule has 0 aliphatic rings. The number of para-hydroxylation sites is 1. The topological polar surface area (TPSA) is 105 Å². The Labute approximate surface area is 163 Å². The summed E-state index contributed by atoms with van der Waals surface area (Å²) in [6.07, 6.45) is 0. The molecule has 0 saturated carbocycles. The number of primary amides is 1. The molecule has 1 aromatic heterocycles. The number of nitrogens with one attached hydrogen (secondary N) is 2. The summed E-state index contributed by atoms with van der Waals surface area (Å²) < 4.78 is 0.776. The summed E-state index contributed by atoms with van der Waals surface area (Å²) in [5, 5.41) is 7.55. The lowest BCUT2D eigenvalue weighted by molar-refractivity contribution is -0.122. The summed E-state index contributed by atoms with van der Waals surface area (Å²) in [6, 6.07) is 8.25. The summed E-state index contributed by atoms with van der Waals surface area (Å²) in [7, 11) is 1.67. The van der Waals surface area contributed by atoms with E-state index in [4.69, 9.17) is 5.73 Å². The lowest BCUT2D eigenvalue weighted by Crippen LogP contribution is -2.43. The molecule has 9 heteroatoms. The van der Waals surface area contributed by atoms with Gasteiger partial charge < -0.3 is 16.4 Å². The van der Waals surface area contributed by atoms with Gasteiger partial charge in [-0.15, -0.1) is 11.3 Å². The predicted octanol–water partition coefficient (Wildman–Crippen LogP) is 2.51. The zero-order chi connectivity index (χ0) is 19.3. The Hall–Kier alpha value is -2.23. The molecule has 0 fully saturated rings. The first kappa shape index (κ1) is 20.1. The van der Waals surface area contributed by atoms with Gasteiger partial charge in [0.15, 0.2) is 0 Å². The summed E-state index contributed by atoms with van der Waals surface area (Å²) in [5.74, 6) is -1.17. The van der Waals surface area contributed by atoms with Gasteiger partial charge in [0.05, 0.1) is 23.8 Å². The maximum absolute atomic E-state index is 12.4. The minimum Gasteiger partial charge on any atom is -0.366 e. The van der Waals surface area contributed by atoms with Crippen LogP contribution in [-0.2, 0) is 9.59 Å². The fourth-order valence-corrected chi connectivity index (χ4v) is 3.31. The van der Waals surface area contributed by atoms with E-state index in [0.29, 0.717) is 10.7 Å². The van der Waals surface area contributed by atoms with Crippen LogP contribution in [0.25, 0.3) is 0 Å².